The summed E-state index contributed by atoms with van der Waals surface area (Å²) in [6.07, 6.45) is 4.57. The lowest BCUT2D eigenvalue weighted by atomic mass is 10.1. The molecule has 28 heavy (non-hydrogen) atoms. The minimum Gasteiger partial charge on any atom is -0.490 e. The van der Waals surface area contributed by atoms with Crippen molar-refractivity contribution >= 4 is 11.4 Å². The summed E-state index contributed by atoms with van der Waals surface area (Å²) in [7, 11) is 0. The maximum absolute atomic E-state index is 6.03. The Morgan fingerprint density at radius 2 is 2.04 bits per heavy atom. The molecule has 0 radical (unpaired) electrons. The van der Waals surface area contributed by atoms with Crippen molar-refractivity contribution in [1.82, 2.24) is 4.98 Å². The van der Waals surface area contributed by atoms with Crippen LogP contribution in [0.2, 0.25) is 0 Å². The van der Waals surface area contributed by atoms with E-state index in [9.17, 15) is 0 Å². The number of para-hydroxylation sites is 1. The van der Waals surface area contributed by atoms with Crippen molar-refractivity contribution < 1.29 is 9.47 Å². The first-order valence-corrected chi connectivity index (χ1v) is 10.0. The lowest BCUT2D eigenvalue weighted by molar-refractivity contribution is 0.292. The molecule has 0 bridgehead atoms. The molecular weight excluding hydrogens is 348 g/mol. The second-order valence-corrected chi connectivity index (χ2v) is 7.95. The average molecular weight is 370 g/mol. The molecule has 140 valence electrons. The van der Waals surface area contributed by atoms with Crippen LogP contribution in [0.4, 0.5) is 11.4 Å². The van der Waals surface area contributed by atoms with Crippen LogP contribution in [0.15, 0.2) is 60.8 Å². The summed E-state index contributed by atoms with van der Waals surface area (Å²) < 4.78 is 11.9. The number of hydrogen-bond donors (Lipinski definition) is 0. The number of ether oxygens (including phenoxy) is 2. The van der Waals surface area contributed by atoms with Crippen molar-refractivity contribution in [1.29, 1.82) is 0 Å². The second-order valence-electron chi connectivity index (χ2n) is 7.95. The van der Waals surface area contributed by atoms with Gasteiger partial charge in [-0.15, -0.1) is 0 Å². The van der Waals surface area contributed by atoms with E-state index < -0.39 is 0 Å². The number of benzene rings is 2. The highest BCUT2D eigenvalue weighted by atomic mass is 16.5. The summed E-state index contributed by atoms with van der Waals surface area (Å²) in [5.41, 5.74) is 6.28. The SMILES string of the molecule is c1ccc(N2CCOc3ccc(COc4cc5c(cn4)C4CC4C5)cc32)cc1. The molecule has 2 aromatic carbocycles. The standard InChI is InChI=1S/C24H22N2O2/c1-2-4-19(5-3-1)26-8-9-27-23-7-6-16(10-22(23)26)15-28-24-13-18-11-17-12-20(17)21(18)14-25-24/h1-7,10,13-14,17,20H,8-9,11-12,15H2. The van der Waals surface area contributed by atoms with Gasteiger partial charge in [-0.2, -0.15) is 0 Å². The Kier molecular flexibility index (Phi) is 3.58. The molecule has 4 heteroatoms. The van der Waals surface area contributed by atoms with Crippen molar-refractivity contribution in [3.8, 4) is 11.6 Å². The van der Waals surface area contributed by atoms with E-state index >= 15 is 0 Å². The molecule has 0 amide bonds. The van der Waals surface area contributed by atoms with Crippen LogP contribution in [0.3, 0.4) is 0 Å². The van der Waals surface area contributed by atoms with Crippen molar-refractivity contribution in [3.63, 3.8) is 0 Å². The van der Waals surface area contributed by atoms with Gasteiger partial charge in [-0.25, -0.2) is 4.98 Å². The normalized spacial score (nSPS) is 21.4. The van der Waals surface area contributed by atoms with E-state index in [0.29, 0.717) is 13.2 Å². The molecule has 0 spiro atoms. The van der Waals surface area contributed by atoms with Gasteiger partial charge in [0, 0.05) is 18.0 Å². The number of aromatic nitrogens is 1. The molecule has 1 aromatic heterocycles. The third-order valence-corrected chi connectivity index (χ3v) is 6.14. The van der Waals surface area contributed by atoms with Gasteiger partial charge < -0.3 is 14.4 Å². The molecule has 0 saturated heterocycles. The van der Waals surface area contributed by atoms with Crippen LogP contribution >= 0.6 is 0 Å². The first-order valence-electron chi connectivity index (χ1n) is 10.0. The van der Waals surface area contributed by atoms with Crippen molar-refractivity contribution in [2.75, 3.05) is 18.1 Å². The molecule has 4 nitrogen and oxygen atoms in total. The summed E-state index contributed by atoms with van der Waals surface area (Å²) in [5.74, 6) is 3.31. The molecule has 2 unspecified atom stereocenters. The topological polar surface area (TPSA) is 34.6 Å². The van der Waals surface area contributed by atoms with Crippen LogP contribution in [0.25, 0.3) is 0 Å². The van der Waals surface area contributed by atoms with Gasteiger partial charge in [-0.3, -0.25) is 0 Å². The minimum atomic E-state index is 0.508. The first-order chi connectivity index (χ1) is 13.8. The van der Waals surface area contributed by atoms with Gasteiger partial charge in [-0.05, 0) is 65.6 Å². The molecule has 3 aromatic rings. The zero-order chi connectivity index (χ0) is 18.5. The van der Waals surface area contributed by atoms with E-state index in [1.54, 1.807) is 0 Å². The number of fused-ring (bicyclic) bond motifs is 4. The lowest BCUT2D eigenvalue weighted by Gasteiger charge is -2.31. The van der Waals surface area contributed by atoms with E-state index in [4.69, 9.17) is 9.47 Å². The smallest absolute Gasteiger partial charge is 0.213 e. The Bertz CT molecular complexity index is 1030. The van der Waals surface area contributed by atoms with Crippen molar-refractivity contribution in [2.24, 2.45) is 5.92 Å². The molecule has 2 heterocycles. The number of anilines is 2. The van der Waals surface area contributed by atoms with Gasteiger partial charge in [0.05, 0.1) is 12.2 Å². The highest BCUT2D eigenvalue weighted by Gasteiger charge is 2.45. The summed E-state index contributed by atoms with van der Waals surface area (Å²) in [6.45, 7) is 2.05. The Labute approximate surface area is 164 Å². The van der Waals surface area contributed by atoms with Crippen molar-refractivity contribution in [3.05, 3.63) is 77.5 Å². The zero-order valence-electron chi connectivity index (χ0n) is 15.7. The van der Waals surface area contributed by atoms with E-state index in [-0.39, 0.29) is 0 Å². The number of hydrogen-bond acceptors (Lipinski definition) is 4. The molecule has 6 rings (SSSR count). The van der Waals surface area contributed by atoms with Gasteiger partial charge in [0.15, 0.2) is 0 Å². The maximum atomic E-state index is 6.03. The van der Waals surface area contributed by atoms with Crippen LogP contribution in [0, 0.1) is 5.92 Å². The van der Waals surface area contributed by atoms with E-state index in [1.165, 1.54) is 29.7 Å². The molecule has 1 aliphatic heterocycles. The average Bonchev–Trinajstić information content (AvgIpc) is 3.43. The summed E-state index contributed by atoms with van der Waals surface area (Å²) in [6, 6.07) is 18.9. The summed E-state index contributed by atoms with van der Waals surface area (Å²) >= 11 is 0. The lowest BCUT2D eigenvalue weighted by Crippen LogP contribution is -2.28. The van der Waals surface area contributed by atoms with Crippen LogP contribution in [-0.4, -0.2) is 18.1 Å². The van der Waals surface area contributed by atoms with Gasteiger partial charge in [0.1, 0.15) is 19.0 Å². The molecule has 3 aliphatic rings. The fraction of sp³-hybridized carbons (Fsp3) is 0.292. The van der Waals surface area contributed by atoms with E-state index in [1.807, 2.05) is 18.3 Å². The molecule has 1 saturated carbocycles. The van der Waals surface area contributed by atoms with Gasteiger partial charge >= 0.3 is 0 Å². The van der Waals surface area contributed by atoms with Crippen LogP contribution < -0.4 is 14.4 Å². The van der Waals surface area contributed by atoms with Crippen LogP contribution in [0.5, 0.6) is 11.6 Å². The summed E-state index contributed by atoms with van der Waals surface area (Å²) in [4.78, 5) is 6.84. The maximum Gasteiger partial charge on any atom is 0.213 e. The number of nitrogens with zero attached hydrogens (tertiary/aromatic N) is 2. The quantitative estimate of drug-likeness (QED) is 0.657. The highest BCUT2D eigenvalue weighted by Crippen LogP contribution is 2.56. The third-order valence-electron chi connectivity index (χ3n) is 6.14. The fourth-order valence-corrected chi connectivity index (χ4v) is 4.60. The Balaban J connectivity index is 1.23. The highest BCUT2D eigenvalue weighted by molar-refractivity contribution is 5.71. The van der Waals surface area contributed by atoms with Crippen LogP contribution in [-0.2, 0) is 13.0 Å². The molecule has 1 fully saturated rings. The Hall–Kier alpha value is -3.01. The van der Waals surface area contributed by atoms with Gasteiger partial charge in [0.25, 0.3) is 0 Å². The van der Waals surface area contributed by atoms with Gasteiger partial charge in [0.2, 0.25) is 5.88 Å². The molecule has 2 atom stereocenters. The largest absolute Gasteiger partial charge is 0.490 e. The third kappa shape index (κ3) is 2.71. The number of rotatable bonds is 4. The predicted octanol–water partition coefficient (Wildman–Crippen LogP) is 4.85. The molecule has 2 aliphatic carbocycles. The van der Waals surface area contributed by atoms with Crippen molar-refractivity contribution in [2.45, 2.75) is 25.4 Å². The minimum absolute atomic E-state index is 0.508. The molecule has 0 N–H and O–H groups in total. The predicted molar refractivity (Wildman–Crippen MR) is 109 cm³/mol. The summed E-state index contributed by atoms with van der Waals surface area (Å²) in [5, 5.41) is 0. The van der Waals surface area contributed by atoms with E-state index in [0.717, 1.165) is 41.3 Å². The van der Waals surface area contributed by atoms with E-state index in [2.05, 4.69) is 52.3 Å². The second kappa shape index (κ2) is 6.26. The Morgan fingerprint density at radius 1 is 1.11 bits per heavy atom. The fourth-order valence-electron chi connectivity index (χ4n) is 4.60. The Morgan fingerprint density at radius 3 is 2.96 bits per heavy atom. The van der Waals surface area contributed by atoms with Crippen LogP contribution in [0.1, 0.15) is 29.0 Å². The monoisotopic (exact) mass is 370 g/mol. The van der Waals surface area contributed by atoms with Gasteiger partial charge in [-0.1, -0.05) is 24.3 Å². The first kappa shape index (κ1) is 16.0. The molecular formula is C24H22N2O2. The number of pyridine rings is 1. The zero-order valence-corrected chi connectivity index (χ0v) is 15.7.